The van der Waals surface area contributed by atoms with Crippen LogP contribution in [0.5, 0.6) is 0 Å². The van der Waals surface area contributed by atoms with Crippen LogP contribution >= 0.6 is 11.3 Å². The summed E-state index contributed by atoms with van der Waals surface area (Å²) >= 11 is 1.46. The molecule has 3 rings (SSSR count). The minimum Gasteiger partial charge on any atom is -0.394 e. The number of aliphatic hydroxyl groups is 1. The van der Waals surface area contributed by atoms with E-state index >= 15 is 0 Å². The van der Waals surface area contributed by atoms with Crippen molar-refractivity contribution in [2.75, 3.05) is 6.61 Å². The molecule has 24 heavy (non-hydrogen) atoms. The predicted octanol–water partition coefficient (Wildman–Crippen LogP) is 2.60. The quantitative estimate of drug-likeness (QED) is 0.724. The molecule has 0 fully saturated rings. The van der Waals surface area contributed by atoms with Crippen LogP contribution in [0.15, 0.2) is 60.1 Å². The van der Waals surface area contributed by atoms with E-state index < -0.39 is 6.04 Å². The van der Waals surface area contributed by atoms with Crippen LogP contribution in [-0.2, 0) is 11.2 Å². The summed E-state index contributed by atoms with van der Waals surface area (Å²) in [5, 5.41) is 15.0. The van der Waals surface area contributed by atoms with Gasteiger partial charge in [0.25, 0.3) is 0 Å². The summed E-state index contributed by atoms with van der Waals surface area (Å²) in [6.45, 7) is -0.147. The number of nitrogens with one attached hydrogen (secondary N) is 1. The van der Waals surface area contributed by atoms with Crippen LogP contribution in [-0.4, -0.2) is 27.6 Å². The second kappa shape index (κ2) is 7.81. The molecule has 6 heteroatoms. The fourth-order valence-electron chi connectivity index (χ4n) is 2.32. The zero-order valence-electron chi connectivity index (χ0n) is 12.9. The molecule has 0 saturated carbocycles. The van der Waals surface area contributed by atoms with Gasteiger partial charge in [0.05, 0.1) is 30.5 Å². The lowest BCUT2D eigenvalue weighted by atomic mass is 10.1. The topological polar surface area (TPSA) is 75.1 Å². The molecule has 1 amide bonds. The van der Waals surface area contributed by atoms with E-state index in [0.29, 0.717) is 5.69 Å². The zero-order valence-corrected chi connectivity index (χ0v) is 13.7. The third-order valence-corrected chi connectivity index (χ3v) is 4.41. The molecule has 0 radical (unpaired) electrons. The largest absolute Gasteiger partial charge is 0.394 e. The van der Waals surface area contributed by atoms with Crippen LogP contribution in [0.1, 0.15) is 17.3 Å². The van der Waals surface area contributed by atoms with Crippen LogP contribution in [0, 0.1) is 0 Å². The number of pyridine rings is 1. The Hall–Kier alpha value is -2.57. The minimum absolute atomic E-state index is 0.147. The smallest absolute Gasteiger partial charge is 0.226 e. The standard InChI is InChI=1S/C18H17N3O2S/c22-11-16(13-6-2-1-3-7-13)21-17(23)10-14-12-24-18(20-14)15-8-4-5-9-19-15/h1-9,12,16,22H,10-11H2,(H,21,23). The van der Waals surface area contributed by atoms with Crippen molar-refractivity contribution in [1.29, 1.82) is 0 Å². The maximum atomic E-state index is 12.2. The van der Waals surface area contributed by atoms with Crippen molar-refractivity contribution in [2.45, 2.75) is 12.5 Å². The fraction of sp³-hybridized carbons (Fsp3) is 0.167. The van der Waals surface area contributed by atoms with E-state index in [2.05, 4.69) is 15.3 Å². The van der Waals surface area contributed by atoms with E-state index in [1.807, 2.05) is 53.9 Å². The lowest BCUT2D eigenvalue weighted by Gasteiger charge is -2.16. The molecule has 0 aliphatic carbocycles. The molecule has 3 aromatic rings. The number of aromatic nitrogens is 2. The lowest BCUT2D eigenvalue weighted by molar-refractivity contribution is -0.121. The number of amides is 1. The Morgan fingerprint density at radius 2 is 1.96 bits per heavy atom. The van der Waals surface area contributed by atoms with Gasteiger partial charge in [-0.1, -0.05) is 36.4 Å². The van der Waals surface area contributed by atoms with Gasteiger partial charge in [0.2, 0.25) is 5.91 Å². The van der Waals surface area contributed by atoms with E-state index in [9.17, 15) is 9.90 Å². The molecule has 1 atom stereocenters. The Morgan fingerprint density at radius 1 is 1.17 bits per heavy atom. The highest BCUT2D eigenvalue weighted by molar-refractivity contribution is 7.13. The number of hydrogen-bond donors (Lipinski definition) is 2. The Kier molecular flexibility index (Phi) is 5.30. The summed E-state index contributed by atoms with van der Waals surface area (Å²) in [5.41, 5.74) is 2.37. The van der Waals surface area contributed by atoms with Crippen LogP contribution in [0.3, 0.4) is 0 Å². The molecule has 0 saturated heterocycles. The van der Waals surface area contributed by atoms with Gasteiger partial charge in [-0.2, -0.15) is 0 Å². The van der Waals surface area contributed by atoms with Crippen molar-refractivity contribution in [3.05, 3.63) is 71.4 Å². The van der Waals surface area contributed by atoms with Gasteiger partial charge in [-0.15, -0.1) is 11.3 Å². The Morgan fingerprint density at radius 3 is 2.67 bits per heavy atom. The summed E-state index contributed by atoms with van der Waals surface area (Å²) in [6, 6.07) is 14.6. The van der Waals surface area contributed by atoms with Gasteiger partial charge in [0.15, 0.2) is 0 Å². The molecule has 2 aromatic heterocycles. The number of carbonyl (C=O) groups excluding carboxylic acids is 1. The molecule has 5 nitrogen and oxygen atoms in total. The Labute approximate surface area is 144 Å². The van der Waals surface area contributed by atoms with Gasteiger partial charge in [-0.25, -0.2) is 4.98 Å². The van der Waals surface area contributed by atoms with Gasteiger partial charge in [0, 0.05) is 11.6 Å². The predicted molar refractivity (Wildman–Crippen MR) is 93.5 cm³/mol. The average Bonchev–Trinajstić information content (AvgIpc) is 3.09. The van der Waals surface area contributed by atoms with Crippen molar-refractivity contribution < 1.29 is 9.90 Å². The van der Waals surface area contributed by atoms with E-state index in [-0.39, 0.29) is 18.9 Å². The SMILES string of the molecule is O=C(Cc1csc(-c2ccccn2)n1)NC(CO)c1ccccc1. The fourth-order valence-corrected chi connectivity index (χ4v) is 3.12. The maximum absolute atomic E-state index is 12.2. The molecule has 0 aliphatic rings. The number of thiazole rings is 1. The molecule has 122 valence electrons. The minimum atomic E-state index is -0.410. The number of benzene rings is 1. The zero-order chi connectivity index (χ0) is 16.8. The molecule has 0 spiro atoms. The van der Waals surface area contributed by atoms with Gasteiger partial charge in [-0.05, 0) is 17.7 Å². The number of aliphatic hydroxyl groups excluding tert-OH is 1. The molecule has 0 bridgehead atoms. The Bertz CT molecular complexity index is 790. The van der Waals surface area contributed by atoms with Gasteiger partial charge in [-0.3, -0.25) is 9.78 Å². The van der Waals surface area contributed by atoms with Crippen molar-refractivity contribution in [3.8, 4) is 10.7 Å². The number of carbonyl (C=O) groups is 1. The second-order valence-corrected chi connectivity index (χ2v) is 6.11. The first-order chi connectivity index (χ1) is 11.8. The number of hydrogen-bond acceptors (Lipinski definition) is 5. The number of rotatable bonds is 6. The van der Waals surface area contributed by atoms with Crippen molar-refractivity contribution >= 4 is 17.2 Å². The summed E-state index contributed by atoms with van der Waals surface area (Å²) < 4.78 is 0. The molecule has 0 aliphatic heterocycles. The summed E-state index contributed by atoms with van der Waals surface area (Å²) in [6.07, 6.45) is 1.89. The third-order valence-electron chi connectivity index (χ3n) is 3.50. The molecule has 1 aromatic carbocycles. The average molecular weight is 339 g/mol. The first-order valence-electron chi connectivity index (χ1n) is 7.57. The molecular formula is C18H17N3O2S. The maximum Gasteiger partial charge on any atom is 0.226 e. The van der Waals surface area contributed by atoms with Gasteiger partial charge >= 0.3 is 0 Å². The highest BCUT2D eigenvalue weighted by Crippen LogP contribution is 2.21. The van der Waals surface area contributed by atoms with Crippen LogP contribution in [0.25, 0.3) is 10.7 Å². The van der Waals surface area contributed by atoms with Crippen molar-refractivity contribution in [1.82, 2.24) is 15.3 Å². The number of nitrogens with zero attached hydrogens (tertiary/aromatic N) is 2. The first-order valence-corrected chi connectivity index (χ1v) is 8.45. The van der Waals surface area contributed by atoms with Gasteiger partial charge in [0.1, 0.15) is 5.01 Å². The normalized spacial score (nSPS) is 11.9. The van der Waals surface area contributed by atoms with E-state index in [1.54, 1.807) is 6.20 Å². The first kappa shape index (κ1) is 16.3. The molecular weight excluding hydrogens is 322 g/mol. The highest BCUT2D eigenvalue weighted by Gasteiger charge is 2.15. The van der Waals surface area contributed by atoms with E-state index in [4.69, 9.17) is 0 Å². The van der Waals surface area contributed by atoms with E-state index in [1.165, 1.54) is 11.3 Å². The highest BCUT2D eigenvalue weighted by atomic mass is 32.1. The molecule has 2 N–H and O–H groups in total. The lowest BCUT2D eigenvalue weighted by Crippen LogP contribution is -2.32. The van der Waals surface area contributed by atoms with Crippen LogP contribution < -0.4 is 5.32 Å². The Balaban J connectivity index is 1.64. The van der Waals surface area contributed by atoms with Crippen molar-refractivity contribution in [3.63, 3.8) is 0 Å². The monoisotopic (exact) mass is 339 g/mol. The molecule has 1 unspecified atom stereocenters. The molecule has 2 heterocycles. The summed E-state index contributed by atoms with van der Waals surface area (Å²) in [4.78, 5) is 20.9. The van der Waals surface area contributed by atoms with Crippen LogP contribution in [0.2, 0.25) is 0 Å². The van der Waals surface area contributed by atoms with E-state index in [0.717, 1.165) is 16.3 Å². The van der Waals surface area contributed by atoms with Crippen LogP contribution in [0.4, 0.5) is 0 Å². The summed E-state index contributed by atoms with van der Waals surface area (Å²) in [5.74, 6) is -0.171. The van der Waals surface area contributed by atoms with Crippen molar-refractivity contribution in [2.24, 2.45) is 0 Å². The van der Waals surface area contributed by atoms with Gasteiger partial charge < -0.3 is 10.4 Å². The third kappa shape index (κ3) is 4.04. The second-order valence-electron chi connectivity index (χ2n) is 5.25. The summed E-state index contributed by atoms with van der Waals surface area (Å²) in [7, 11) is 0.